The molecule has 154 valence electrons. The van der Waals surface area contributed by atoms with E-state index in [-0.39, 0.29) is 11.5 Å². The summed E-state index contributed by atoms with van der Waals surface area (Å²) in [7, 11) is 0. The van der Waals surface area contributed by atoms with Gasteiger partial charge in [0.15, 0.2) is 5.78 Å². The molecule has 0 saturated carbocycles. The van der Waals surface area contributed by atoms with E-state index in [9.17, 15) is 9.90 Å². The third-order valence-electron chi connectivity index (χ3n) is 5.49. The van der Waals surface area contributed by atoms with Crippen molar-refractivity contribution < 1.29 is 9.90 Å². The Bertz CT molecular complexity index is 711. The molecule has 0 radical (unpaired) electrons. The van der Waals surface area contributed by atoms with Gasteiger partial charge >= 0.3 is 0 Å². The van der Waals surface area contributed by atoms with E-state index in [1.807, 2.05) is 12.1 Å². The first-order valence-electron chi connectivity index (χ1n) is 11.3. The Kier molecular flexibility index (Phi) is 10.6. The van der Waals surface area contributed by atoms with Crippen LogP contribution < -0.4 is 0 Å². The molecule has 0 saturated heterocycles. The molecule has 0 unspecified atom stereocenters. The lowest BCUT2D eigenvalue weighted by molar-refractivity contribution is 0.0974. The van der Waals surface area contributed by atoms with Crippen LogP contribution in [0.25, 0.3) is 10.9 Å². The van der Waals surface area contributed by atoms with Crippen molar-refractivity contribution in [1.29, 1.82) is 0 Å². The number of phenols is 1. The number of fused-ring (bicyclic) bond motifs is 1. The van der Waals surface area contributed by atoms with Crippen LogP contribution in [0, 0.1) is 0 Å². The highest BCUT2D eigenvalue weighted by Gasteiger charge is 2.09. The Morgan fingerprint density at radius 2 is 1.36 bits per heavy atom. The van der Waals surface area contributed by atoms with E-state index in [1.54, 1.807) is 18.2 Å². The lowest BCUT2D eigenvalue weighted by Gasteiger charge is -2.05. The normalized spacial score (nSPS) is 11.2. The van der Waals surface area contributed by atoms with Gasteiger partial charge in [-0.05, 0) is 18.6 Å². The van der Waals surface area contributed by atoms with Gasteiger partial charge in [-0.1, -0.05) is 102 Å². The van der Waals surface area contributed by atoms with Crippen molar-refractivity contribution in [3.05, 3.63) is 36.0 Å². The summed E-state index contributed by atoms with van der Waals surface area (Å²) < 4.78 is 0. The maximum absolute atomic E-state index is 12.4. The van der Waals surface area contributed by atoms with Gasteiger partial charge in [0.1, 0.15) is 17.0 Å². The van der Waals surface area contributed by atoms with Gasteiger partial charge in [0.05, 0.1) is 0 Å². The summed E-state index contributed by atoms with van der Waals surface area (Å²) in [6.45, 7) is 2.27. The first kappa shape index (κ1) is 22.4. The molecule has 0 amide bonds. The largest absolute Gasteiger partial charge is 0.506 e. The zero-order chi connectivity index (χ0) is 20.0. The Morgan fingerprint density at radius 3 is 1.96 bits per heavy atom. The van der Waals surface area contributed by atoms with Gasteiger partial charge in [0.2, 0.25) is 0 Å². The van der Waals surface area contributed by atoms with Crippen LogP contribution in [-0.2, 0) is 0 Å². The van der Waals surface area contributed by atoms with Crippen molar-refractivity contribution in [2.45, 2.75) is 96.8 Å². The van der Waals surface area contributed by atoms with Crippen LogP contribution >= 0.6 is 0 Å². The molecule has 0 spiro atoms. The van der Waals surface area contributed by atoms with E-state index in [4.69, 9.17) is 0 Å². The molecule has 1 aromatic heterocycles. The summed E-state index contributed by atoms with van der Waals surface area (Å²) >= 11 is 0. The number of pyridine rings is 1. The van der Waals surface area contributed by atoms with E-state index < -0.39 is 0 Å². The fraction of sp³-hybridized carbons (Fsp3) is 0.600. The molecule has 1 N–H and O–H groups in total. The number of rotatable bonds is 15. The molecular weight excluding hydrogens is 346 g/mol. The fourth-order valence-corrected chi connectivity index (χ4v) is 3.72. The van der Waals surface area contributed by atoms with E-state index >= 15 is 0 Å². The Hall–Kier alpha value is -1.90. The van der Waals surface area contributed by atoms with Crippen LogP contribution in [0.2, 0.25) is 0 Å². The third-order valence-corrected chi connectivity index (χ3v) is 5.49. The van der Waals surface area contributed by atoms with Crippen LogP contribution in [0.1, 0.15) is 107 Å². The van der Waals surface area contributed by atoms with Gasteiger partial charge in [-0.25, -0.2) is 4.98 Å². The average molecular weight is 384 g/mol. The number of phenolic OH excluding ortho intramolecular Hbond substituents is 1. The molecule has 0 atom stereocenters. The second kappa shape index (κ2) is 13.3. The molecule has 3 heteroatoms. The SMILES string of the molecule is CCCCCCCCCCCCCCCC(=O)c1ccc2cccc(O)c2n1. The average Bonchev–Trinajstić information content (AvgIpc) is 2.71. The number of Topliss-reactive ketones (excluding diaryl/α,β-unsaturated/α-hetero) is 1. The molecule has 3 nitrogen and oxygen atoms in total. The minimum absolute atomic E-state index is 0.0771. The summed E-state index contributed by atoms with van der Waals surface area (Å²) in [5, 5.41) is 10.8. The summed E-state index contributed by atoms with van der Waals surface area (Å²) in [6, 6.07) is 8.92. The predicted molar refractivity (Wildman–Crippen MR) is 118 cm³/mol. The van der Waals surface area contributed by atoms with Crippen LogP contribution in [0.3, 0.4) is 0 Å². The molecule has 1 heterocycles. The number of unbranched alkanes of at least 4 members (excludes halogenated alkanes) is 12. The number of carbonyl (C=O) groups excluding carboxylic acids is 1. The van der Waals surface area contributed by atoms with Crippen molar-refractivity contribution in [2.24, 2.45) is 0 Å². The third kappa shape index (κ3) is 8.00. The second-order valence-electron chi connectivity index (χ2n) is 7.96. The van der Waals surface area contributed by atoms with E-state index in [1.165, 1.54) is 70.6 Å². The predicted octanol–water partition coefficient (Wildman–Crippen LogP) is 7.60. The monoisotopic (exact) mass is 383 g/mol. The number of nitrogens with zero attached hydrogens (tertiary/aromatic N) is 1. The standard InChI is InChI=1S/C25H37NO2/c1-2-3-4-5-6-7-8-9-10-11-12-13-14-17-23(27)22-20-19-21-16-15-18-24(28)25(21)26-22/h15-16,18-20,28H,2-14,17H2,1H3. The molecule has 0 fully saturated rings. The first-order chi connectivity index (χ1) is 13.7. The summed E-state index contributed by atoms with van der Waals surface area (Å²) in [6.07, 6.45) is 17.5. The second-order valence-corrected chi connectivity index (χ2v) is 7.96. The van der Waals surface area contributed by atoms with Crippen LogP contribution in [0.4, 0.5) is 0 Å². The van der Waals surface area contributed by atoms with Gasteiger partial charge in [0, 0.05) is 11.8 Å². The number of benzene rings is 1. The molecule has 2 rings (SSSR count). The van der Waals surface area contributed by atoms with E-state index in [0.29, 0.717) is 17.6 Å². The van der Waals surface area contributed by atoms with Crippen LogP contribution in [0.5, 0.6) is 5.75 Å². The Labute approximate surface area is 170 Å². The Balaban J connectivity index is 1.52. The highest BCUT2D eigenvalue weighted by atomic mass is 16.3. The highest BCUT2D eigenvalue weighted by Crippen LogP contribution is 2.23. The van der Waals surface area contributed by atoms with Gasteiger partial charge in [0.25, 0.3) is 0 Å². The number of hydrogen-bond acceptors (Lipinski definition) is 3. The van der Waals surface area contributed by atoms with Crippen LogP contribution in [0.15, 0.2) is 30.3 Å². The lowest BCUT2D eigenvalue weighted by Crippen LogP contribution is -2.02. The molecule has 0 aliphatic heterocycles. The molecule has 2 aromatic rings. The van der Waals surface area contributed by atoms with Crippen LogP contribution in [-0.4, -0.2) is 15.9 Å². The van der Waals surface area contributed by atoms with Crippen molar-refractivity contribution >= 4 is 16.7 Å². The molecule has 28 heavy (non-hydrogen) atoms. The van der Waals surface area contributed by atoms with Gasteiger partial charge in [-0.3, -0.25) is 4.79 Å². The number of aromatic nitrogens is 1. The molecular formula is C25H37NO2. The minimum Gasteiger partial charge on any atom is -0.506 e. The maximum Gasteiger partial charge on any atom is 0.181 e. The molecule has 1 aromatic carbocycles. The molecule has 0 bridgehead atoms. The fourth-order valence-electron chi connectivity index (χ4n) is 3.72. The smallest absolute Gasteiger partial charge is 0.181 e. The highest BCUT2D eigenvalue weighted by molar-refractivity contribution is 5.97. The number of ketones is 1. The zero-order valence-corrected chi connectivity index (χ0v) is 17.6. The number of hydrogen-bond donors (Lipinski definition) is 1. The summed E-state index contributed by atoms with van der Waals surface area (Å²) in [5.74, 6) is 0.210. The van der Waals surface area contributed by atoms with E-state index in [0.717, 1.165) is 18.2 Å². The summed E-state index contributed by atoms with van der Waals surface area (Å²) in [4.78, 5) is 16.7. The van der Waals surface area contributed by atoms with E-state index in [2.05, 4.69) is 11.9 Å². The molecule has 0 aliphatic rings. The zero-order valence-electron chi connectivity index (χ0n) is 17.6. The summed E-state index contributed by atoms with van der Waals surface area (Å²) in [5.41, 5.74) is 0.978. The van der Waals surface area contributed by atoms with Gasteiger partial charge in [-0.2, -0.15) is 0 Å². The Morgan fingerprint density at radius 1 is 0.786 bits per heavy atom. The maximum atomic E-state index is 12.4. The number of carbonyl (C=O) groups is 1. The minimum atomic E-state index is 0.0771. The topological polar surface area (TPSA) is 50.2 Å². The van der Waals surface area contributed by atoms with Gasteiger partial charge < -0.3 is 5.11 Å². The van der Waals surface area contributed by atoms with Crippen molar-refractivity contribution in [1.82, 2.24) is 4.98 Å². The molecule has 0 aliphatic carbocycles. The van der Waals surface area contributed by atoms with Crippen molar-refractivity contribution in [3.63, 3.8) is 0 Å². The number of aromatic hydroxyl groups is 1. The lowest BCUT2D eigenvalue weighted by atomic mass is 10.0. The van der Waals surface area contributed by atoms with Gasteiger partial charge in [-0.15, -0.1) is 0 Å². The van der Waals surface area contributed by atoms with Crippen molar-refractivity contribution in [2.75, 3.05) is 0 Å². The quantitative estimate of drug-likeness (QED) is 0.254. The first-order valence-corrected chi connectivity index (χ1v) is 11.3. The van der Waals surface area contributed by atoms with Crippen molar-refractivity contribution in [3.8, 4) is 5.75 Å². The number of para-hydroxylation sites is 1.